The first kappa shape index (κ1) is 31.4. The van der Waals surface area contributed by atoms with Crippen molar-refractivity contribution >= 4 is 49.8 Å². The molecule has 0 fully saturated rings. The van der Waals surface area contributed by atoms with Gasteiger partial charge in [0.1, 0.15) is 11.2 Å². The lowest BCUT2D eigenvalue weighted by Crippen LogP contribution is -2.28. The summed E-state index contributed by atoms with van der Waals surface area (Å²) in [5.41, 5.74) is 14.5. The Kier molecular flexibility index (Phi) is 7.11. The smallest absolute Gasteiger partial charge is 0.143 e. The minimum atomic E-state index is -0.483. The molecule has 1 aliphatic rings. The Morgan fingerprint density at radius 1 is 0.382 bits per heavy atom. The first-order valence-corrected chi connectivity index (χ1v) is 18.9. The van der Waals surface area contributed by atoms with E-state index in [1.54, 1.807) is 0 Å². The highest BCUT2D eigenvalue weighted by molar-refractivity contribution is 6.21. The van der Waals surface area contributed by atoms with Crippen LogP contribution in [0.4, 0.5) is 17.1 Å². The molecule has 0 saturated carbocycles. The predicted molar refractivity (Wildman–Crippen MR) is 229 cm³/mol. The molecule has 258 valence electrons. The van der Waals surface area contributed by atoms with E-state index in [0.29, 0.717) is 0 Å². The highest BCUT2D eigenvalue weighted by atomic mass is 16.3. The monoisotopic (exact) mass is 701 g/mol. The fourth-order valence-electron chi connectivity index (χ4n) is 9.19. The quantitative estimate of drug-likeness (QED) is 0.172. The fraction of sp³-hybridized carbons (Fsp3) is 0.0189. The third-order valence-electron chi connectivity index (χ3n) is 11.5. The average molecular weight is 702 g/mol. The van der Waals surface area contributed by atoms with Crippen molar-refractivity contribution in [2.45, 2.75) is 5.41 Å². The number of anilines is 3. The largest absolute Gasteiger partial charge is 0.455 e. The van der Waals surface area contributed by atoms with Crippen molar-refractivity contribution in [2.24, 2.45) is 0 Å². The second kappa shape index (κ2) is 12.5. The van der Waals surface area contributed by atoms with Crippen LogP contribution in [0.15, 0.2) is 217 Å². The SMILES string of the molecule is c1ccc(-c2cccc3c2oc2ccc4cc(N(c5ccccc5)c5ccc6c(c5)C(c5ccccc5)(c5ccccc5)c5ccccc5-6)ccc4c23)cc1. The Morgan fingerprint density at radius 3 is 1.73 bits per heavy atom. The van der Waals surface area contributed by atoms with Crippen LogP contribution in [0.25, 0.3) is 55.0 Å². The topological polar surface area (TPSA) is 16.4 Å². The van der Waals surface area contributed by atoms with Gasteiger partial charge in [0.2, 0.25) is 0 Å². The van der Waals surface area contributed by atoms with E-state index in [2.05, 4.69) is 217 Å². The molecule has 2 heteroatoms. The molecule has 0 aliphatic heterocycles. The summed E-state index contributed by atoms with van der Waals surface area (Å²) in [6.45, 7) is 0. The molecule has 0 N–H and O–H groups in total. The molecule has 10 aromatic rings. The number of hydrogen-bond acceptors (Lipinski definition) is 2. The van der Waals surface area contributed by atoms with Gasteiger partial charge in [0, 0.05) is 33.4 Å². The Morgan fingerprint density at radius 2 is 0.982 bits per heavy atom. The van der Waals surface area contributed by atoms with Crippen molar-refractivity contribution in [3.63, 3.8) is 0 Å². The normalized spacial score (nSPS) is 12.9. The molecular formula is C53H35NO. The van der Waals surface area contributed by atoms with Crippen LogP contribution >= 0.6 is 0 Å². The van der Waals surface area contributed by atoms with Gasteiger partial charge in [0.05, 0.1) is 5.41 Å². The van der Waals surface area contributed by atoms with E-state index in [-0.39, 0.29) is 0 Å². The van der Waals surface area contributed by atoms with Gasteiger partial charge in [-0.25, -0.2) is 0 Å². The molecule has 1 heterocycles. The Bertz CT molecular complexity index is 2980. The van der Waals surface area contributed by atoms with Crippen LogP contribution in [0.5, 0.6) is 0 Å². The van der Waals surface area contributed by atoms with Crippen LogP contribution in [-0.2, 0) is 5.41 Å². The molecule has 11 rings (SSSR count). The Balaban J connectivity index is 1.12. The minimum absolute atomic E-state index is 0.483. The number of fused-ring (bicyclic) bond motifs is 8. The molecule has 0 saturated heterocycles. The van der Waals surface area contributed by atoms with E-state index in [4.69, 9.17) is 4.42 Å². The molecule has 55 heavy (non-hydrogen) atoms. The molecule has 2 nitrogen and oxygen atoms in total. The maximum absolute atomic E-state index is 6.61. The van der Waals surface area contributed by atoms with E-state index >= 15 is 0 Å². The van der Waals surface area contributed by atoms with Crippen LogP contribution in [0.1, 0.15) is 22.3 Å². The van der Waals surface area contributed by atoms with Crippen molar-refractivity contribution in [1.82, 2.24) is 0 Å². The zero-order chi connectivity index (χ0) is 36.3. The lowest BCUT2D eigenvalue weighted by molar-refractivity contribution is 0.670. The summed E-state index contributed by atoms with van der Waals surface area (Å²) in [7, 11) is 0. The molecular weight excluding hydrogens is 667 g/mol. The standard InChI is InChI=1S/C53H35NO/c1-5-16-36(17-6-1)44-25-15-26-47-51-43-31-29-41(34-37(43)28-33-50(51)55-52(44)47)54(40-22-11-4-12-23-40)42-30-32-46-45-24-13-14-27-48(45)53(49(46)35-42,38-18-7-2-8-19-38)39-20-9-3-10-21-39/h1-35H. The summed E-state index contributed by atoms with van der Waals surface area (Å²) in [5, 5.41) is 4.62. The summed E-state index contributed by atoms with van der Waals surface area (Å²) in [6.07, 6.45) is 0. The third kappa shape index (κ3) is 4.75. The number of rotatable bonds is 6. The highest BCUT2D eigenvalue weighted by Crippen LogP contribution is 2.57. The lowest BCUT2D eigenvalue weighted by atomic mass is 9.67. The van der Waals surface area contributed by atoms with Crippen LogP contribution in [-0.4, -0.2) is 0 Å². The third-order valence-corrected chi connectivity index (χ3v) is 11.5. The highest BCUT2D eigenvalue weighted by Gasteiger charge is 2.46. The summed E-state index contributed by atoms with van der Waals surface area (Å²) in [6, 6.07) is 76.9. The number of benzene rings is 9. The number of nitrogens with zero attached hydrogens (tertiary/aromatic N) is 1. The number of hydrogen-bond donors (Lipinski definition) is 0. The molecule has 9 aromatic carbocycles. The van der Waals surface area contributed by atoms with Gasteiger partial charge in [-0.05, 0) is 92.2 Å². The molecule has 0 unspecified atom stereocenters. The second-order valence-corrected chi connectivity index (χ2v) is 14.4. The number of furan rings is 1. The fourth-order valence-corrected chi connectivity index (χ4v) is 9.19. The Hall–Kier alpha value is -7.16. The van der Waals surface area contributed by atoms with E-state index < -0.39 is 5.41 Å². The lowest BCUT2D eigenvalue weighted by Gasteiger charge is -2.35. The van der Waals surface area contributed by atoms with Crippen molar-refractivity contribution in [2.75, 3.05) is 4.90 Å². The summed E-state index contributed by atoms with van der Waals surface area (Å²) in [5.74, 6) is 0. The summed E-state index contributed by atoms with van der Waals surface area (Å²) >= 11 is 0. The second-order valence-electron chi connectivity index (χ2n) is 14.4. The van der Waals surface area contributed by atoms with Gasteiger partial charge in [-0.1, -0.05) is 170 Å². The predicted octanol–water partition coefficient (Wildman–Crippen LogP) is 14.2. The first-order chi connectivity index (χ1) is 27.3. The Labute approximate surface area is 320 Å². The van der Waals surface area contributed by atoms with Gasteiger partial charge in [-0.2, -0.15) is 0 Å². The zero-order valence-electron chi connectivity index (χ0n) is 30.1. The maximum atomic E-state index is 6.61. The summed E-state index contributed by atoms with van der Waals surface area (Å²) < 4.78 is 6.61. The minimum Gasteiger partial charge on any atom is -0.455 e. The zero-order valence-corrected chi connectivity index (χ0v) is 30.1. The van der Waals surface area contributed by atoms with Gasteiger partial charge in [0.15, 0.2) is 0 Å². The van der Waals surface area contributed by atoms with E-state index in [1.807, 2.05) is 0 Å². The van der Waals surface area contributed by atoms with Gasteiger partial charge in [-0.15, -0.1) is 0 Å². The van der Waals surface area contributed by atoms with Crippen LogP contribution in [0.2, 0.25) is 0 Å². The molecule has 0 radical (unpaired) electrons. The molecule has 0 amide bonds. The molecule has 0 atom stereocenters. The summed E-state index contributed by atoms with van der Waals surface area (Å²) in [4.78, 5) is 2.40. The molecule has 0 spiro atoms. The van der Waals surface area contributed by atoms with E-state index in [9.17, 15) is 0 Å². The molecule has 1 aliphatic carbocycles. The van der Waals surface area contributed by atoms with Crippen molar-refractivity contribution in [1.29, 1.82) is 0 Å². The van der Waals surface area contributed by atoms with Crippen LogP contribution in [0, 0.1) is 0 Å². The van der Waals surface area contributed by atoms with Crippen LogP contribution < -0.4 is 4.90 Å². The maximum Gasteiger partial charge on any atom is 0.143 e. The van der Waals surface area contributed by atoms with E-state index in [0.717, 1.165) is 55.5 Å². The van der Waals surface area contributed by atoms with Gasteiger partial charge in [0.25, 0.3) is 0 Å². The average Bonchev–Trinajstić information content (AvgIpc) is 3.79. The van der Waals surface area contributed by atoms with E-state index in [1.165, 1.54) is 38.8 Å². The van der Waals surface area contributed by atoms with Crippen molar-refractivity contribution in [3.05, 3.63) is 235 Å². The van der Waals surface area contributed by atoms with Gasteiger partial charge >= 0.3 is 0 Å². The van der Waals surface area contributed by atoms with Gasteiger partial charge in [-0.3, -0.25) is 0 Å². The first-order valence-electron chi connectivity index (χ1n) is 18.9. The van der Waals surface area contributed by atoms with Crippen LogP contribution in [0.3, 0.4) is 0 Å². The van der Waals surface area contributed by atoms with Gasteiger partial charge < -0.3 is 9.32 Å². The number of para-hydroxylation sites is 2. The molecule has 1 aromatic heterocycles. The molecule has 0 bridgehead atoms. The van der Waals surface area contributed by atoms with Crippen molar-refractivity contribution < 1.29 is 4.42 Å². The van der Waals surface area contributed by atoms with Crippen molar-refractivity contribution in [3.8, 4) is 22.3 Å².